The van der Waals surface area contributed by atoms with E-state index in [0.29, 0.717) is 5.41 Å². The summed E-state index contributed by atoms with van der Waals surface area (Å²) in [5, 5.41) is 0. The first kappa shape index (κ1) is 7.52. The van der Waals surface area contributed by atoms with Crippen molar-refractivity contribution in [1.29, 1.82) is 0 Å². The SMILES string of the molecule is CCCC1(C)C=CC=NC1. The fourth-order valence-electron chi connectivity index (χ4n) is 1.38. The van der Waals surface area contributed by atoms with E-state index in [1.165, 1.54) is 12.8 Å². The zero-order chi connectivity index (χ0) is 7.45. The Labute approximate surface area is 62.9 Å². The fraction of sp³-hybridized carbons (Fsp3) is 0.667. The summed E-state index contributed by atoms with van der Waals surface area (Å²) in [6.07, 6.45) is 8.71. The van der Waals surface area contributed by atoms with Crippen LogP contribution in [0.25, 0.3) is 0 Å². The summed E-state index contributed by atoms with van der Waals surface area (Å²) in [5.41, 5.74) is 0.351. The smallest absolute Gasteiger partial charge is 0.0477 e. The van der Waals surface area contributed by atoms with Crippen LogP contribution in [0.5, 0.6) is 0 Å². The molecule has 1 aliphatic rings. The van der Waals surface area contributed by atoms with E-state index in [-0.39, 0.29) is 0 Å². The first-order valence-electron chi connectivity index (χ1n) is 3.94. The minimum atomic E-state index is 0.351. The molecule has 0 saturated heterocycles. The maximum absolute atomic E-state index is 4.24. The lowest BCUT2D eigenvalue weighted by Gasteiger charge is -2.24. The van der Waals surface area contributed by atoms with E-state index in [1.54, 1.807) is 0 Å². The van der Waals surface area contributed by atoms with Crippen LogP contribution < -0.4 is 0 Å². The molecule has 1 aliphatic heterocycles. The number of hydrogen-bond acceptors (Lipinski definition) is 1. The molecule has 1 atom stereocenters. The van der Waals surface area contributed by atoms with Gasteiger partial charge in [0.1, 0.15) is 0 Å². The lowest BCUT2D eigenvalue weighted by Crippen LogP contribution is -2.19. The molecule has 1 rings (SSSR count). The molecule has 1 unspecified atom stereocenters. The van der Waals surface area contributed by atoms with Gasteiger partial charge in [0.05, 0.1) is 0 Å². The van der Waals surface area contributed by atoms with Crippen LogP contribution in [0.4, 0.5) is 0 Å². The number of rotatable bonds is 2. The number of aliphatic imine (C=N–C) groups is 1. The van der Waals surface area contributed by atoms with Crippen LogP contribution in [0, 0.1) is 5.41 Å². The molecule has 0 aromatic heterocycles. The molecule has 0 aromatic rings. The van der Waals surface area contributed by atoms with E-state index < -0.39 is 0 Å². The normalized spacial score (nSPS) is 31.0. The maximum atomic E-state index is 4.24. The van der Waals surface area contributed by atoms with Gasteiger partial charge in [-0.3, -0.25) is 4.99 Å². The number of allylic oxidation sites excluding steroid dienone is 1. The Morgan fingerprint density at radius 2 is 2.40 bits per heavy atom. The van der Waals surface area contributed by atoms with Gasteiger partial charge in [-0.25, -0.2) is 0 Å². The van der Waals surface area contributed by atoms with E-state index in [1.807, 2.05) is 6.21 Å². The van der Waals surface area contributed by atoms with Gasteiger partial charge in [0, 0.05) is 18.2 Å². The van der Waals surface area contributed by atoms with Crippen LogP contribution in [-0.4, -0.2) is 12.8 Å². The van der Waals surface area contributed by atoms with Crippen LogP contribution in [0.2, 0.25) is 0 Å². The molecular weight excluding hydrogens is 122 g/mol. The van der Waals surface area contributed by atoms with Crippen LogP contribution in [0.3, 0.4) is 0 Å². The molecule has 0 bridgehead atoms. The van der Waals surface area contributed by atoms with E-state index in [9.17, 15) is 0 Å². The number of dihydropyridines is 1. The van der Waals surface area contributed by atoms with Gasteiger partial charge in [-0.05, 0) is 12.5 Å². The molecule has 0 fully saturated rings. The molecule has 0 spiro atoms. The Hall–Kier alpha value is -0.590. The number of nitrogens with zero attached hydrogens (tertiary/aromatic N) is 1. The molecule has 1 nitrogen and oxygen atoms in total. The lowest BCUT2D eigenvalue weighted by molar-refractivity contribution is 0.398. The van der Waals surface area contributed by atoms with Crippen molar-refractivity contribution in [3.8, 4) is 0 Å². The van der Waals surface area contributed by atoms with Gasteiger partial charge >= 0.3 is 0 Å². The van der Waals surface area contributed by atoms with E-state index in [2.05, 4.69) is 31.0 Å². The van der Waals surface area contributed by atoms with Crippen molar-refractivity contribution in [2.24, 2.45) is 10.4 Å². The molecule has 0 aromatic carbocycles. The van der Waals surface area contributed by atoms with Gasteiger partial charge in [0.2, 0.25) is 0 Å². The third-order valence-corrected chi connectivity index (χ3v) is 1.96. The standard InChI is InChI=1S/C9H15N/c1-3-5-9(2)6-4-7-10-8-9/h4,6-7H,3,5,8H2,1-2H3. The topological polar surface area (TPSA) is 12.4 Å². The van der Waals surface area contributed by atoms with Gasteiger partial charge < -0.3 is 0 Å². The highest BCUT2D eigenvalue weighted by Gasteiger charge is 2.19. The maximum Gasteiger partial charge on any atom is 0.0477 e. The Balaban J connectivity index is 2.52. The zero-order valence-corrected chi connectivity index (χ0v) is 6.80. The minimum Gasteiger partial charge on any atom is -0.292 e. The van der Waals surface area contributed by atoms with Gasteiger partial charge in [-0.2, -0.15) is 0 Å². The van der Waals surface area contributed by atoms with Crippen LogP contribution in [-0.2, 0) is 0 Å². The Kier molecular flexibility index (Phi) is 2.25. The van der Waals surface area contributed by atoms with Gasteiger partial charge in [0.25, 0.3) is 0 Å². The average molecular weight is 137 g/mol. The summed E-state index contributed by atoms with van der Waals surface area (Å²) in [4.78, 5) is 4.24. The van der Waals surface area contributed by atoms with E-state index in [4.69, 9.17) is 0 Å². The third-order valence-electron chi connectivity index (χ3n) is 1.96. The second-order valence-corrected chi connectivity index (χ2v) is 3.25. The van der Waals surface area contributed by atoms with Crippen molar-refractivity contribution < 1.29 is 0 Å². The highest BCUT2D eigenvalue weighted by atomic mass is 14.7. The summed E-state index contributed by atoms with van der Waals surface area (Å²) in [6.45, 7) is 5.46. The van der Waals surface area contributed by atoms with Crippen molar-refractivity contribution in [3.05, 3.63) is 12.2 Å². The Morgan fingerprint density at radius 3 is 2.90 bits per heavy atom. The summed E-state index contributed by atoms with van der Waals surface area (Å²) in [7, 11) is 0. The molecule has 1 heterocycles. The summed E-state index contributed by atoms with van der Waals surface area (Å²) in [6, 6.07) is 0. The Morgan fingerprint density at radius 1 is 1.60 bits per heavy atom. The second kappa shape index (κ2) is 3.00. The number of hydrogen-bond donors (Lipinski definition) is 0. The van der Waals surface area contributed by atoms with E-state index in [0.717, 1.165) is 6.54 Å². The van der Waals surface area contributed by atoms with Gasteiger partial charge in [0.15, 0.2) is 0 Å². The molecule has 0 radical (unpaired) electrons. The van der Waals surface area contributed by atoms with Crippen LogP contribution >= 0.6 is 0 Å². The van der Waals surface area contributed by atoms with Gasteiger partial charge in [-0.15, -0.1) is 0 Å². The molecule has 10 heavy (non-hydrogen) atoms. The molecule has 0 aliphatic carbocycles. The molecule has 0 saturated carbocycles. The van der Waals surface area contributed by atoms with Crippen molar-refractivity contribution >= 4 is 6.21 Å². The largest absolute Gasteiger partial charge is 0.292 e. The first-order chi connectivity index (χ1) is 4.77. The Bertz CT molecular complexity index is 158. The molecular formula is C9H15N. The highest BCUT2D eigenvalue weighted by Crippen LogP contribution is 2.26. The summed E-state index contributed by atoms with van der Waals surface area (Å²) < 4.78 is 0. The summed E-state index contributed by atoms with van der Waals surface area (Å²) >= 11 is 0. The first-order valence-corrected chi connectivity index (χ1v) is 3.94. The van der Waals surface area contributed by atoms with Crippen molar-refractivity contribution in [3.63, 3.8) is 0 Å². The fourth-order valence-corrected chi connectivity index (χ4v) is 1.38. The summed E-state index contributed by atoms with van der Waals surface area (Å²) in [5.74, 6) is 0. The second-order valence-electron chi connectivity index (χ2n) is 3.25. The van der Waals surface area contributed by atoms with Gasteiger partial charge in [-0.1, -0.05) is 26.3 Å². The van der Waals surface area contributed by atoms with Crippen molar-refractivity contribution in [2.75, 3.05) is 6.54 Å². The van der Waals surface area contributed by atoms with E-state index >= 15 is 0 Å². The third kappa shape index (κ3) is 1.69. The predicted octanol–water partition coefficient (Wildman–Crippen LogP) is 2.43. The zero-order valence-electron chi connectivity index (χ0n) is 6.80. The quantitative estimate of drug-likeness (QED) is 0.554. The molecule has 1 heteroatoms. The predicted molar refractivity (Wildman–Crippen MR) is 45.5 cm³/mol. The minimum absolute atomic E-state index is 0.351. The highest BCUT2D eigenvalue weighted by molar-refractivity contribution is 5.72. The monoisotopic (exact) mass is 137 g/mol. The van der Waals surface area contributed by atoms with Crippen molar-refractivity contribution in [2.45, 2.75) is 26.7 Å². The van der Waals surface area contributed by atoms with Crippen molar-refractivity contribution in [1.82, 2.24) is 0 Å². The molecule has 0 N–H and O–H groups in total. The molecule has 0 amide bonds. The van der Waals surface area contributed by atoms with Crippen LogP contribution in [0.15, 0.2) is 17.1 Å². The lowest BCUT2D eigenvalue weighted by atomic mass is 9.84. The molecule has 56 valence electrons. The van der Waals surface area contributed by atoms with Crippen LogP contribution in [0.1, 0.15) is 26.7 Å². The average Bonchev–Trinajstić information content (AvgIpc) is 1.89.